The maximum absolute atomic E-state index is 12.9. The predicted octanol–water partition coefficient (Wildman–Crippen LogP) is 2.46. The van der Waals surface area contributed by atoms with Crippen molar-refractivity contribution in [3.05, 3.63) is 41.0 Å². The highest BCUT2D eigenvalue weighted by Crippen LogP contribution is 2.44. The second-order valence-corrected chi connectivity index (χ2v) is 6.05. The molecule has 116 valence electrons. The van der Waals surface area contributed by atoms with Gasteiger partial charge >= 0.3 is 12.1 Å². The van der Waals surface area contributed by atoms with Gasteiger partial charge in [-0.25, -0.2) is 4.79 Å². The number of amides is 1. The van der Waals surface area contributed by atoms with E-state index in [4.69, 9.17) is 5.11 Å². The van der Waals surface area contributed by atoms with Crippen molar-refractivity contribution in [2.75, 3.05) is 5.75 Å². The first kappa shape index (κ1) is 15.0. The number of carbonyl (C=O) groups excluding carboxylic acids is 1. The first-order valence-electron chi connectivity index (χ1n) is 6.35. The lowest BCUT2D eigenvalue weighted by Crippen LogP contribution is -2.56. The standard InChI is InChI=1S/C14H10F3NO3S/c15-14(16,17)9-4-2-1-3-7(9)5-8-11(19)18-10(13(20)21)6-22-12(8)18/h1-5,10,12H,6H2,(H,20,21)/b8-5-/t10?,12-/m1/s1. The van der Waals surface area contributed by atoms with Gasteiger partial charge in [0.1, 0.15) is 11.4 Å². The molecule has 0 aliphatic carbocycles. The minimum Gasteiger partial charge on any atom is -0.480 e. The van der Waals surface area contributed by atoms with Crippen molar-refractivity contribution in [3.63, 3.8) is 0 Å². The number of carboxylic acids is 1. The summed E-state index contributed by atoms with van der Waals surface area (Å²) in [5.74, 6) is -1.37. The number of hydrogen-bond acceptors (Lipinski definition) is 3. The molecule has 0 spiro atoms. The summed E-state index contributed by atoms with van der Waals surface area (Å²) in [6.07, 6.45) is -3.30. The molecule has 2 atom stereocenters. The van der Waals surface area contributed by atoms with E-state index in [2.05, 4.69) is 0 Å². The van der Waals surface area contributed by atoms with Crippen LogP contribution in [0.5, 0.6) is 0 Å². The average Bonchev–Trinajstić information content (AvgIpc) is 2.84. The number of hydrogen-bond donors (Lipinski definition) is 1. The number of carboxylic acid groups (broad SMARTS) is 1. The molecule has 2 aliphatic rings. The van der Waals surface area contributed by atoms with Crippen LogP contribution in [-0.4, -0.2) is 39.1 Å². The van der Waals surface area contributed by atoms with Crippen LogP contribution >= 0.6 is 11.8 Å². The van der Waals surface area contributed by atoms with E-state index in [0.29, 0.717) is 0 Å². The number of halogens is 3. The quantitative estimate of drug-likeness (QED) is 0.669. The van der Waals surface area contributed by atoms with Gasteiger partial charge in [-0.05, 0) is 17.7 Å². The molecular weight excluding hydrogens is 319 g/mol. The molecule has 4 nitrogen and oxygen atoms in total. The highest BCUT2D eigenvalue weighted by molar-refractivity contribution is 8.00. The lowest BCUT2D eigenvalue weighted by molar-refractivity contribution is -0.150. The molecule has 1 aromatic carbocycles. The van der Waals surface area contributed by atoms with Gasteiger partial charge in [0.05, 0.1) is 11.1 Å². The lowest BCUT2D eigenvalue weighted by Gasteiger charge is -2.38. The molecule has 22 heavy (non-hydrogen) atoms. The number of nitrogens with zero attached hydrogens (tertiary/aromatic N) is 1. The fourth-order valence-corrected chi connectivity index (χ4v) is 3.97. The Morgan fingerprint density at radius 1 is 1.36 bits per heavy atom. The van der Waals surface area contributed by atoms with E-state index in [1.54, 1.807) is 0 Å². The fourth-order valence-electron chi connectivity index (χ4n) is 2.55. The molecule has 0 saturated carbocycles. The molecule has 3 rings (SSSR count). The zero-order chi connectivity index (χ0) is 16.1. The van der Waals surface area contributed by atoms with E-state index in [1.807, 2.05) is 0 Å². The van der Waals surface area contributed by atoms with Crippen LogP contribution in [-0.2, 0) is 15.8 Å². The lowest BCUT2D eigenvalue weighted by atomic mass is 9.98. The predicted molar refractivity (Wildman–Crippen MR) is 73.9 cm³/mol. The number of benzene rings is 1. The summed E-state index contributed by atoms with van der Waals surface area (Å²) >= 11 is 1.25. The summed E-state index contributed by atoms with van der Waals surface area (Å²) < 4.78 is 38.8. The van der Waals surface area contributed by atoms with Crippen molar-refractivity contribution >= 4 is 29.7 Å². The Bertz CT molecular complexity index is 686. The molecule has 1 N–H and O–H groups in total. The number of thioether (sulfide) groups is 1. The summed E-state index contributed by atoms with van der Waals surface area (Å²) in [5, 5.41) is 8.53. The number of aliphatic carboxylic acids is 1. The molecule has 2 aliphatic heterocycles. The summed E-state index contributed by atoms with van der Waals surface area (Å²) in [6.45, 7) is 0. The third kappa shape index (κ3) is 2.27. The molecular formula is C14H10F3NO3S. The fraction of sp³-hybridized carbons (Fsp3) is 0.286. The topological polar surface area (TPSA) is 57.6 Å². The largest absolute Gasteiger partial charge is 0.480 e. The zero-order valence-electron chi connectivity index (χ0n) is 11.0. The molecule has 2 heterocycles. The number of β-lactam (4-membered cyclic amide) rings is 1. The van der Waals surface area contributed by atoms with Gasteiger partial charge in [0.25, 0.3) is 5.91 Å². The Kier molecular flexibility index (Phi) is 3.43. The van der Waals surface area contributed by atoms with E-state index in [9.17, 15) is 22.8 Å². The van der Waals surface area contributed by atoms with Crippen molar-refractivity contribution in [2.24, 2.45) is 0 Å². The number of rotatable bonds is 2. The van der Waals surface area contributed by atoms with Crippen LogP contribution in [0.2, 0.25) is 0 Å². The van der Waals surface area contributed by atoms with Crippen molar-refractivity contribution in [1.82, 2.24) is 4.90 Å². The van der Waals surface area contributed by atoms with Crippen molar-refractivity contribution < 1.29 is 27.9 Å². The van der Waals surface area contributed by atoms with Crippen LogP contribution in [0.3, 0.4) is 0 Å². The maximum Gasteiger partial charge on any atom is 0.416 e. The molecule has 2 fully saturated rings. The van der Waals surface area contributed by atoms with Crippen LogP contribution < -0.4 is 0 Å². The van der Waals surface area contributed by atoms with Crippen LogP contribution in [0, 0.1) is 0 Å². The van der Waals surface area contributed by atoms with Gasteiger partial charge in [-0.3, -0.25) is 4.79 Å². The van der Waals surface area contributed by atoms with Crippen LogP contribution in [0.25, 0.3) is 6.08 Å². The van der Waals surface area contributed by atoms with Gasteiger partial charge in [0, 0.05) is 5.75 Å². The summed E-state index contributed by atoms with van der Waals surface area (Å²) in [4.78, 5) is 24.2. The number of alkyl halides is 3. The van der Waals surface area contributed by atoms with Gasteiger partial charge in [-0.15, -0.1) is 11.8 Å². The maximum atomic E-state index is 12.9. The van der Waals surface area contributed by atoms with Gasteiger partial charge < -0.3 is 10.0 Å². The zero-order valence-corrected chi connectivity index (χ0v) is 11.8. The van der Waals surface area contributed by atoms with E-state index in [1.165, 1.54) is 40.9 Å². The molecule has 1 unspecified atom stereocenters. The molecule has 0 aromatic heterocycles. The van der Waals surface area contributed by atoms with Crippen LogP contribution in [0.4, 0.5) is 13.2 Å². The average molecular weight is 329 g/mol. The smallest absolute Gasteiger partial charge is 0.416 e. The molecule has 8 heteroatoms. The Balaban J connectivity index is 1.93. The van der Waals surface area contributed by atoms with E-state index >= 15 is 0 Å². The Labute approximate surface area is 127 Å². The third-order valence-corrected chi connectivity index (χ3v) is 4.92. The molecule has 1 aromatic rings. The normalized spacial score (nSPS) is 26.0. The van der Waals surface area contributed by atoms with E-state index in [0.717, 1.165) is 6.07 Å². The Morgan fingerprint density at radius 3 is 2.68 bits per heavy atom. The minimum atomic E-state index is -4.51. The van der Waals surface area contributed by atoms with E-state index in [-0.39, 0.29) is 16.9 Å². The van der Waals surface area contributed by atoms with Gasteiger partial charge in [0.2, 0.25) is 0 Å². The van der Waals surface area contributed by atoms with E-state index < -0.39 is 35.0 Å². The minimum absolute atomic E-state index is 0.0858. The highest BCUT2D eigenvalue weighted by Gasteiger charge is 2.53. The second-order valence-electron chi connectivity index (χ2n) is 4.94. The Morgan fingerprint density at radius 2 is 2.05 bits per heavy atom. The van der Waals surface area contributed by atoms with Gasteiger partial charge in [-0.2, -0.15) is 13.2 Å². The molecule has 1 amide bonds. The summed E-state index contributed by atoms with van der Waals surface area (Å²) in [5.41, 5.74) is -0.686. The van der Waals surface area contributed by atoms with Gasteiger partial charge in [0.15, 0.2) is 0 Å². The first-order valence-corrected chi connectivity index (χ1v) is 7.40. The summed E-state index contributed by atoms with van der Waals surface area (Å²) in [6, 6.07) is 4.09. The Hall–Kier alpha value is -1.96. The second kappa shape index (κ2) is 5.05. The van der Waals surface area contributed by atoms with Crippen molar-refractivity contribution in [3.8, 4) is 0 Å². The molecule has 0 radical (unpaired) electrons. The van der Waals surface area contributed by atoms with Gasteiger partial charge in [-0.1, -0.05) is 18.2 Å². The molecule has 0 bridgehead atoms. The molecule has 2 saturated heterocycles. The third-order valence-electron chi connectivity index (χ3n) is 3.61. The number of fused-ring (bicyclic) bond motifs is 1. The van der Waals surface area contributed by atoms with Crippen molar-refractivity contribution in [1.29, 1.82) is 0 Å². The van der Waals surface area contributed by atoms with Crippen LogP contribution in [0.15, 0.2) is 29.8 Å². The number of carbonyl (C=O) groups is 2. The van der Waals surface area contributed by atoms with Crippen LogP contribution in [0.1, 0.15) is 11.1 Å². The first-order chi connectivity index (χ1) is 10.3. The highest BCUT2D eigenvalue weighted by atomic mass is 32.2. The van der Waals surface area contributed by atoms with Crippen molar-refractivity contribution in [2.45, 2.75) is 17.6 Å². The SMILES string of the molecule is O=C(O)C1CS[C@@H]2/C(=C\c3ccccc3C(F)(F)F)C(=O)N12. The monoisotopic (exact) mass is 329 g/mol. The summed E-state index contributed by atoms with van der Waals surface area (Å²) in [7, 11) is 0.